The molecule has 0 radical (unpaired) electrons. The Morgan fingerprint density at radius 3 is 2.42 bits per heavy atom. The van der Waals surface area contributed by atoms with Crippen LogP contribution in [0.3, 0.4) is 0 Å². The number of anilines is 1. The maximum Gasteiger partial charge on any atom is 0.333 e. The summed E-state index contributed by atoms with van der Waals surface area (Å²) in [7, 11) is 1.68. The number of furan rings is 1. The van der Waals surface area contributed by atoms with Crippen LogP contribution in [-0.2, 0) is 16.0 Å². The van der Waals surface area contributed by atoms with Gasteiger partial charge in [0.2, 0.25) is 5.88 Å². The van der Waals surface area contributed by atoms with Gasteiger partial charge < -0.3 is 19.6 Å². The zero-order valence-electron chi connectivity index (χ0n) is 18.7. The van der Waals surface area contributed by atoms with Crippen LogP contribution in [0.25, 0.3) is 11.3 Å². The van der Waals surface area contributed by atoms with Crippen molar-refractivity contribution in [1.82, 2.24) is 5.32 Å². The van der Waals surface area contributed by atoms with E-state index in [1.807, 2.05) is 30.3 Å². The number of nitrogens with zero attached hydrogens (tertiary/aromatic N) is 1. The van der Waals surface area contributed by atoms with E-state index in [2.05, 4.69) is 12.2 Å². The van der Waals surface area contributed by atoms with Gasteiger partial charge in [0.15, 0.2) is 6.10 Å². The quantitative estimate of drug-likeness (QED) is 0.432. The van der Waals surface area contributed by atoms with Gasteiger partial charge in [0.05, 0.1) is 0 Å². The summed E-state index contributed by atoms with van der Waals surface area (Å²) in [5.41, 5.74) is 1.72. The van der Waals surface area contributed by atoms with Crippen molar-refractivity contribution in [3.63, 3.8) is 0 Å². The van der Waals surface area contributed by atoms with Gasteiger partial charge in [-0.2, -0.15) is 0 Å². The second-order valence-corrected chi connectivity index (χ2v) is 7.53. The van der Waals surface area contributed by atoms with E-state index < -0.39 is 12.1 Å². The lowest BCUT2D eigenvalue weighted by molar-refractivity contribution is -0.149. The third-order valence-electron chi connectivity index (χ3n) is 5.09. The summed E-state index contributed by atoms with van der Waals surface area (Å²) in [4.78, 5) is 25.0. The Morgan fingerprint density at radius 2 is 1.77 bits per heavy atom. The standard InChI is InChI=1S/C24H34N2O5/c1-4-6-7-8-9-16-25-24(29)26(3)22-15-14-20(31-22)19-12-10-18(11-13-19)17-21(23(27)28)30-5-2/h10-15,21H,4-9,16-17H2,1-3H3,(H,25,29)(H,27,28)/t21-/m0/s1. The fraction of sp³-hybridized carbons (Fsp3) is 0.500. The van der Waals surface area contributed by atoms with E-state index in [0.29, 0.717) is 31.2 Å². The minimum atomic E-state index is -0.969. The third kappa shape index (κ3) is 7.75. The van der Waals surface area contributed by atoms with E-state index in [1.54, 1.807) is 20.0 Å². The molecule has 170 valence electrons. The zero-order valence-corrected chi connectivity index (χ0v) is 18.7. The Labute approximate surface area is 184 Å². The molecule has 1 aromatic carbocycles. The van der Waals surface area contributed by atoms with Crippen LogP contribution in [0.5, 0.6) is 0 Å². The maximum atomic E-state index is 12.3. The topological polar surface area (TPSA) is 92.0 Å². The molecule has 2 rings (SSSR count). The van der Waals surface area contributed by atoms with Crippen LogP contribution in [0.4, 0.5) is 10.7 Å². The van der Waals surface area contributed by atoms with E-state index >= 15 is 0 Å². The molecule has 0 saturated carbocycles. The Bertz CT molecular complexity index is 816. The van der Waals surface area contributed by atoms with Crippen molar-refractivity contribution < 1.29 is 23.8 Å². The molecule has 2 aromatic rings. The molecule has 2 N–H and O–H groups in total. The monoisotopic (exact) mass is 430 g/mol. The molecule has 31 heavy (non-hydrogen) atoms. The van der Waals surface area contributed by atoms with Crippen molar-refractivity contribution in [3.8, 4) is 11.3 Å². The van der Waals surface area contributed by atoms with Crippen LogP contribution in [0.15, 0.2) is 40.8 Å². The maximum absolute atomic E-state index is 12.3. The van der Waals surface area contributed by atoms with Crippen LogP contribution in [0, 0.1) is 0 Å². The first-order chi connectivity index (χ1) is 15.0. The Balaban J connectivity index is 1.91. The normalized spacial score (nSPS) is 11.8. The first-order valence-electron chi connectivity index (χ1n) is 11.0. The molecule has 7 nitrogen and oxygen atoms in total. The number of carboxylic acid groups (broad SMARTS) is 1. The highest BCUT2D eigenvalue weighted by molar-refractivity contribution is 5.90. The summed E-state index contributed by atoms with van der Waals surface area (Å²) in [6.45, 7) is 4.96. The Hall–Kier alpha value is -2.80. The molecule has 0 aliphatic carbocycles. The summed E-state index contributed by atoms with van der Waals surface area (Å²) in [6.07, 6.45) is 5.17. The van der Waals surface area contributed by atoms with Gasteiger partial charge in [0, 0.05) is 38.2 Å². The summed E-state index contributed by atoms with van der Waals surface area (Å²) < 4.78 is 11.1. The second-order valence-electron chi connectivity index (χ2n) is 7.53. The molecule has 0 fully saturated rings. The summed E-state index contributed by atoms with van der Waals surface area (Å²) in [5.74, 6) is 0.133. The molecular weight excluding hydrogens is 396 g/mol. The molecule has 2 amide bonds. The third-order valence-corrected chi connectivity index (χ3v) is 5.09. The number of benzene rings is 1. The average Bonchev–Trinajstić information content (AvgIpc) is 3.25. The van der Waals surface area contributed by atoms with E-state index in [9.17, 15) is 14.7 Å². The van der Waals surface area contributed by atoms with Crippen molar-refractivity contribution in [2.45, 2.75) is 58.5 Å². The number of nitrogens with one attached hydrogen (secondary N) is 1. The SMILES string of the molecule is CCCCCCCNC(=O)N(C)c1ccc(-c2ccc(C[C@H](OCC)C(=O)O)cc2)o1. The van der Waals surface area contributed by atoms with Gasteiger partial charge in [0.1, 0.15) is 5.76 Å². The fourth-order valence-corrected chi connectivity index (χ4v) is 3.24. The number of carboxylic acids is 1. The number of rotatable bonds is 13. The number of aliphatic carboxylic acids is 1. The van der Waals surface area contributed by atoms with Crippen molar-refractivity contribution in [1.29, 1.82) is 0 Å². The number of carbonyl (C=O) groups is 2. The van der Waals surface area contributed by atoms with Crippen LogP contribution >= 0.6 is 0 Å². The van der Waals surface area contributed by atoms with Crippen LogP contribution in [0.2, 0.25) is 0 Å². The predicted octanol–water partition coefficient (Wildman–Crippen LogP) is 5.10. The van der Waals surface area contributed by atoms with E-state index in [1.165, 1.54) is 24.2 Å². The largest absolute Gasteiger partial charge is 0.479 e. The number of hydrogen-bond donors (Lipinski definition) is 2. The van der Waals surface area contributed by atoms with Gasteiger partial charge in [-0.25, -0.2) is 9.59 Å². The number of carbonyl (C=O) groups excluding carboxylic acids is 1. The van der Waals surface area contributed by atoms with Crippen molar-refractivity contribution in [2.24, 2.45) is 0 Å². The van der Waals surface area contributed by atoms with Crippen LogP contribution in [0.1, 0.15) is 51.5 Å². The molecule has 1 heterocycles. The molecule has 0 saturated heterocycles. The molecule has 7 heteroatoms. The van der Waals surface area contributed by atoms with Gasteiger partial charge in [-0.1, -0.05) is 56.9 Å². The molecule has 1 aromatic heterocycles. The zero-order chi connectivity index (χ0) is 22.6. The molecule has 0 aliphatic rings. The lowest BCUT2D eigenvalue weighted by Crippen LogP contribution is -2.37. The first-order valence-corrected chi connectivity index (χ1v) is 11.0. The molecule has 0 aliphatic heterocycles. The van der Waals surface area contributed by atoms with Gasteiger partial charge in [-0.15, -0.1) is 0 Å². The van der Waals surface area contributed by atoms with Crippen LogP contribution < -0.4 is 10.2 Å². The highest BCUT2D eigenvalue weighted by atomic mass is 16.5. The second kappa shape index (κ2) is 12.8. The van der Waals surface area contributed by atoms with Crippen LogP contribution in [-0.4, -0.2) is 43.4 Å². The molecule has 0 unspecified atom stereocenters. The average molecular weight is 431 g/mol. The van der Waals surface area contributed by atoms with Crippen molar-refractivity contribution in [2.75, 3.05) is 25.1 Å². The summed E-state index contributed by atoms with van der Waals surface area (Å²) >= 11 is 0. The first kappa shape index (κ1) is 24.5. The highest BCUT2D eigenvalue weighted by Gasteiger charge is 2.18. The Kier molecular flexibility index (Phi) is 10.1. The lowest BCUT2D eigenvalue weighted by Gasteiger charge is -2.15. The summed E-state index contributed by atoms with van der Waals surface area (Å²) in [6, 6.07) is 10.9. The van der Waals surface area contributed by atoms with E-state index in [0.717, 1.165) is 24.0 Å². The lowest BCUT2D eigenvalue weighted by atomic mass is 10.0. The number of hydrogen-bond acceptors (Lipinski definition) is 4. The van der Waals surface area contributed by atoms with E-state index in [-0.39, 0.29) is 6.03 Å². The number of amides is 2. The van der Waals surface area contributed by atoms with Gasteiger partial charge in [-0.05, 0) is 25.0 Å². The van der Waals surface area contributed by atoms with Gasteiger partial charge >= 0.3 is 12.0 Å². The smallest absolute Gasteiger partial charge is 0.333 e. The van der Waals surface area contributed by atoms with Crippen molar-refractivity contribution in [3.05, 3.63) is 42.0 Å². The predicted molar refractivity (Wildman–Crippen MR) is 121 cm³/mol. The minimum absolute atomic E-state index is 0.192. The van der Waals surface area contributed by atoms with Gasteiger partial charge in [0.25, 0.3) is 0 Å². The fourth-order valence-electron chi connectivity index (χ4n) is 3.24. The van der Waals surface area contributed by atoms with Crippen molar-refractivity contribution >= 4 is 17.9 Å². The Morgan fingerprint density at radius 1 is 1.06 bits per heavy atom. The van der Waals surface area contributed by atoms with E-state index in [4.69, 9.17) is 9.15 Å². The molecule has 0 bridgehead atoms. The minimum Gasteiger partial charge on any atom is -0.479 e. The number of unbranched alkanes of at least 4 members (excludes halogenated alkanes) is 4. The number of ether oxygens (including phenoxy) is 1. The molecule has 1 atom stereocenters. The summed E-state index contributed by atoms with van der Waals surface area (Å²) in [5, 5.41) is 12.1. The molecular formula is C24H34N2O5. The van der Waals surface area contributed by atoms with Gasteiger partial charge in [-0.3, -0.25) is 4.90 Å². The number of urea groups is 1. The molecule has 0 spiro atoms. The highest BCUT2D eigenvalue weighted by Crippen LogP contribution is 2.27.